The van der Waals surface area contributed by atoms with E-state index in [0.717, 1.165) is 6.07 Å². The molecule has 0 amide bonds. The molecule has 0 fully saturated rings. The van der Waals surface area contributed by atoms with Crippen LogP contribution in [0.15, 0.2) is 30.5 Å². The van der Waals surface area contributed by atoms with Crippen molar-refractivity contribution in [2.24, 2.45) is 5.73 Å². The minimum atomic E-state index is -0.727. The Balaban J connectivity index is 2.37. The largest absolute Gasteiger partial charge is 0.436 e. The number of halogens is 3. The molecule has 0 unspecified atom stereocenters. The van der Waals surface area contributed by atoms with Gasteiger partial charge in [0.15, 0.2) is 5.82 Å². The van der Waals surface area contributed by atoms with Gasteiger partial charge in [0.05, 0.1) is 5.02 Å². The molecular weight excluding hydrogens is 262 g/mol. The zero-order chi connectivity index (χ0) is 13.1. The van der Waals surface area contributed by atoms with Crippen LogP contribution in [0.5, 0.6) is 11.6 Å². The smallest absolute Gasteiger partial charge is 0.255 e. The molecule has 1 aromatic carbocycles. The Morgan fingerprint density at radius 1 is 1.28 bits per heavy atom. The van der Waals surface area contributed by atoms with E-state index in [9.17, 15) is 8.78 Å². The van der Waals surface area contributed by atoms with Crippen LogP contribution in [-0.4, -0.2) is 4.98 Å². The lowest BCUT2D eigenvalue weighted by Crippen LogP contribution is -2.03. The Morgan fingerprint density at radius 2 is 2.06 bits per heavy atom. The van der Waals surface area contributed by atoms with Crippen molar-refractivity contribution >= 4 is 11.6 Å². The first-order valence-electron chi connectivity index (χ1n) is 5.08. The Labute approximate surface area is 107 Å². The maximum Gasteiger partial charge on any atom is 0.255 e. The van der Waals surface area contributed by atoms with Gasteiger partial charge in [0.2, 0.25) is 0 Å². The summed E-state index contributed by atoms with van der Waals surface area (Å²) in [6.07, 6.45) is 1.24. The zero-order valence-electron chi connectivity index (χ0n) is 9.16. The summed E-state index contributed by atoms with van der Waals surface area (Å²) in [5.41, 5.74) is 5.57. The van der Waals surface area contributed by atoms with E-state index in [4.69, 9.17) is 22.1 Å². The molecule has 0 saturated heterocycles. The monoisotopic (exact) mass is 270 g/mol. The molecule has 0 bridgehead atoms. The molecule has 2 N–H and O–H groups in total. The van der Waals surface area contributed by atoms with Crippen LogP contribution >= 0.6 is 11.6 Å². The molecule has 18 heavy (non-hydrogen) atoms. The summed E-state index contributed by atoms with van der Waals surface area (Å²) in [5, 5.41) is 0.151. The molecule has 1 aromatic heterocycles. The SMILES string of the molecule is NCc1c(F)cccc1Oc1ncc(Cl)cc1F. The quantitative estimate of drug-likeness (QED) is 0.931. The number of benzene rings is 1. The number of pyridine rings is 1. The van der Waals surface area contributed by atoms with Crippen molar-refractivity contribution in [1.82, 2.24) is 4.98 Å². The van der Waals surface area contributed by atoms with Gasteiger partial charge in [-0.2, -0.15) is 0 Å². The maximum atomic E-state index is 13.5. The van der Waals surface area contributed by atoms with E-state index in [1.54, 1.807) is 0 Å². The van der Waals surface area contributed by atoms with Crippen molar-refractivity contribution in [3.8, 4) is 11.6 Å². The van der Waals surface area contributed by atoms with E-state index in [1.165, 1.54) is 24.4 Å². The summed E-state index contributed by atoms with van der Waals surface area (Å²) in [4.78, 5) is 3.69. The van der Waals surface area contributed by atoms with Gasteiger partial charge >= 0.3 is 0 Å². The summed E-state index contributed by atoms with van der Waals surface area (Å²) in [7, 11) is 0. The highest BCUT2D eigenvalue weighted by Gasteiger charge is 2.12. The summed E-state index contributed by atoms with van der Waals surface area (Å²) < 4.78 is 32.1. The average molecular weight is 271 g/mol. The standard InChI is InChI=1S/C12H9ClF2N2O/c13-7-4-10(15)12(17-6-7)18-11-3-1-2-9(14)8(11)5-16/h1-4,6H,5,16H2. The van der Waals surface area contributed by atoms with Gasteiger partial charge in [0, 0.05) is 18.3 Å². The summed E-state index contributed by atoms with van der Waals surface area (Å²) in [6.45, 7) is -0.0583. The third-order valence-corrected chi connectivity index (χ3v) is 2.47. The molecule has 94 valence electrons. The van der Waals surface area contributed by atoms with Gasteiger partial charge in [0.1, 0.15) is 11.6 Å². The van der Waals surface area contributed by atoms with Crippen LogP contribution in [0.25, 0.3) is 0 Å². The van der Waals surface area contributed by atoms with Crippen molar-refractivity contribution < 1.29 is 13.5 Å². The number of ether oxygens (including phenoxy) is 1. The Bertz CT molecular complexity index is 578. The van der Waals surface area contributed by atoms with E-state index in [2.05, 4.69) is 4.98 Å². The molecule has 0 spiro atoms. The number of nitrogens with zero attached hydrogens (tertiary/aromatic N) is 1. The second-order valence-corrected chi connectivity index (χ2v) is 3.90. The third kappa shape index (κ3) is 2.57. The molecule has 0 saturated carbocycles. The molecular formula is C12H9ClF2N2O. The normalized spacial score (nSPS) is 10.4. The summed E-state index contributed by atoms with van der Waals surface area (Å²) in [6, 6.07) is 5.24. The molecule has 0 atom stereocenters. The highest BCUT2D eigenvalue weighted by molar-refractivity contribution is 6.30. The van der Waals surface area contributed by atoms with Gasteiger partial charge < -0.3 is 10.5 Å². The lowest BCUT2D eigenvalue weighted by molar-refractivity contribution is 0.414. The predicted molar refractivity (Wildman–Crippen MR) is 63.6 cm³/mol. The lowest BCUT2D eigenvalue weighted by atomic mass is 10.2. The molecule has 3 nitrogen and oxygen atoms in total. The molecule has 6 heteroatoms. The van der Waals surface area contributed by atoms with Crippen molar-refractivity contribution in [3.05, 3.63) is 52.7 Å². The first-order chi connectivity index (χ1) is 8.61. The fourth-order valence-corrected chi connectivity index (χ4v) is 1.56. The lowest BCUT2D eigenvalue weighted by Gasteiger charge is -2.10. The second kappa shape index (κ2) is 5.29. The number of rotatable bonds is 3. The predicted octanol–water partition coefficient (Wildman–Crippen LogP) is 3.26. The van der Waals surface area contributed by atoms with E-state index in [1.807, 2.05) is 0 Å². The number of hydrogen-bond donors (Lipinski definition) is 1. The van der Waals surface area contributed by atoms with E-state index in [0.29, 0.717) is 0 Å². The first kappa shape index (κ1) is 12.7. The molecule has 0 aliphatic carbocycles. The first-order valence-corrected chi connectivity index (χ1v) is 5.46. The van der Waals surface area contributed by atoms with Crippen LogP contribution in [0.3, 0.4) is 0 Å². The van der Waals surface area contributed by atoms with E-state index >= 15 is 0 Å². The van der Waals surface area contributed by atoms with E-state index < -0.39 is 11.6 Å². The third-order valence-electron chi connectivity index (χ3n) is 2.26. The van der Waals surface area contributed by atoms with Crippen molar-refractivity contribution in [3.63, 3.8) is 0 Å². The van der Waals surface area contributed by atoms with E-state index in [-0.39, 0.29) is 28.8 Å². The van der Waals surface area contributed by atoms with Crippen LogP contribution in [0.1, 0.15) is 5.56 Å². The highest BCUT2D eigenvalue weighted by atomic mass is 35.5. The highest BCUT2D eigenvalue weighted by Crippen LogP contribution is 2.28. The van der Waals surface area contributed by atoms with Gasteiger partial charge in [-0.25, -0.2) is 13.8 Å². The molecule has 0 aliphatic heterocycles. The van der Waals surface area contributed by atoms with Gasteiger partial charge in [-0.15, -0.1) is 0 Å². The number of aromatic nitrogens is 1. The van der Waals surface area contributed by atoms with Crippen LogP contribution < -0.4 is 10.5 Å². The molecule has 0 aliphatic rings. The van der Waals surface area contributed by atoms with Crippen LogP contribution in [0.4, 0.5) is 8.78 Å². The van der Waals surface area contributed by atoms with Crippen LogP contribution in [0, 0.1) is 11.6 Å². The second-order valence-electron chi connectivity index (χ2n) is 3.46. The van der Waals surface area contributed by atoms with Gasteiger partial charge in [0.25, 0.3) is 5.88 Å². The fourth-order valence-electron chi connectivity index (χ4n) is 1.41. The minimum Gasteiger partial charge on any atom is -0.436 e. The maximum absolute atomic E-state index is 13.5. The van der Waals surface area contributed by atoms with Crippen LogP contribution in [-0.2, 0) is 6.54 Å². The number of hydrogen-bond acceptors (Lipinski definition) is 3. The zero-order valence-corrected chi connectivity index (χ0v) is 9.92. The molecule has 2 aromatic rings. The minimum absolute atomic E-state index is 0.0583. The molecule has 1 heterocycles. The van der Waals surface area contributed by atoms with Gasteiger partial charge in [-0.1, -0.05) is 17.7 Å². The Hall–Kier alpha value is -1.72. The number of nitrogens with two attached hydrogens (primary N) is 1. The molecule has 2 rings (SSSR count). The summed E-state index contributed by atoms with van der Waals surface area (Å²) in [5.74, 6) is -1.38. The van der Waals surface area contributed by atoms with Crippen LogP contribution in [0.2, 0.25) is 5.02 Å². The van der Waals surface area contributed by atoms with Crippen molar-refractivity contribution in [1.29, 1.82) is 0 Å². The Morgan fingerprint density at radius 3 is 2.72 bits per heavy atom. The topological polar surface area (TPSA) is 48.1 Å². The average Bonchev–Trinajstić information content (AvgIpc) is 2.33. The summed E-state index contributed by atoms with van der Waals surface area (Å²) >= 11 is 5.57. The van der Waals surface area contributed by atoms with Gasteiger partial charge in [-0.3, -0.25) is 0 Å². The fraction of sp³-hybridized carbons (Fsp3) is 0.0833. The van der Waals surface area contributed by atoms with Gasteiger partial charge in [-0.05, 0) is 18.2 Å². The van der Waals surface area contributed by atoms with Crippen molar-refractivity contribution in [2.75, 3.05) is 0 Å². The Kier molecular flexibility index (Phi) is 3.74. The molecule has 0 radical (unpaired) electrons. The van der Waals surface area contributed by atoms with Crippen molar-refractivity contribution in [2.45, 2.75) is 6.54 Å².